The molecule has 0 radical (unpaired) electrons. The van der Waals surface area contributed by atoms with Gasteiger partial charge in [0.05, 0.1) is 35.2 Å². The summed E-state index contributed by atoms with van der Waals surface area (Å²) in [7, 11) is -6.69. The number of hydrogen-bond donors (Lipinski definition) is 1. The first-order valence-corrected chi connectivity index (χ1v) is 14.3. The normalized spacial score (nSPS) is 21.3. The predicted molar refractivity (Wildman–Crippen MR) is 123 cm³/mol. The number of benzene rings is 2. The van der Waals surface area contributed by atoms with E-state index in [1.165, 1.54) is 28.2 Å². The van der Waals surface area contributed by atoms with Crippen LogP contribution in [0.3, 0.4) is 0 Å². The fourth-order valence-electron chi connectivity index (χ4n) is 3.66. The summed E-state index contributed by atoms with van der Waals surface area (Å²) >= 11 is 1.39. The minimum Gasteiger partial charge on any atom is -0.379 e. The van der Waals surface area contributed by atoms with E-state index >= 15 is 0 Å². The number of hydrogen-bond acceptors (Lipinski definition) is 7. The lowest BCUT2D eigenvalue weighted by Crippen LogP contribution is -2.40. The van der Waals surface area contributed by atoms with Crippen LogP contribution in [-0.2, 0) is 24.6 Å². The van der Waals surface area contributed by atoms with Crippen LogP contribution in [0, 0.1) is 0 Å². The molecule has 0 saturated carbocycles. The largest absolute Gasteiger partial charge is 0.379 e. The molecule has 172 valence electrons. The second kappa shape index (κ2) is 9.52. The van der Waals surface area contributed by atoms with Gasteiger partial charge in [0.2, 0.25) is 10.0 Å². The van der Waals surface area contributed by atoms with Gasteiger partial charge >= 0.3 is 0 Å². The van der Waals surface area contributed by atoms with Gasteiger partial charge in [0.15, 0.2) is 9.84 Å². The van der Waals surface area contributed by atoms with Crippen LogP contribution in [-0.4, -0.2) is 70.1 Å². The molecule has 0 bridgehead atoms. The highest BCUT2D eigenvalue weighted by Gasteiger charge is 2.30. The SMILES string of the molecule is O=C(Nc1cccc(S(=O)(=O)N2CCOCC2)c1)c1ccccc1S[C@H]1CCS(=O)(=O)C1. The molecule has 32 heavy (non-hydrogen) atoms. The van der Waals surface area contributed by atoms with E-state index in [0.29, 0.717) is 48.9 Å². The second-order valence-electron chi connectivity index (χ2n) is 7.64. The number of ether oxygens (including phenoxy) is 1. The third-order valence-electron chi connectivity index (χ3n) is 5.32. The zero-order valence-corrected chi connectivity index (χ0v) is 19.7. The first-order valence-electron chi connectivity index (χ1n) is 10.2. The van der Waals surface area contributed by atoms with Crippen molar-refractivity contribution in [2.45, 2.75) is 21.5 Å². The molecule has 2 aromatic carbocycles. The lowest BCUT2D eigenvalue weighted by atomic mass is 10.2. The Hall–Kier alpha value is -1.92. The quantitative estimate of drug-likeness (QED) is 0.653. The summed E-state index contributed by atoms with van der Waals surface area (Å²) in [5.41, 5.74) is 0.788. The van der Waals surface area contributed by atoms with Crippen molar-refractivity contribution < 1.29 is 26.4 Å². The number of nitrogens with one attached hydrogen (secondary N) is 1. The summed E-state index contributed by atoms with van der Waals surface area (Å²) in [4.78, 5) is 13.8. The van der Waals surface area contributed by atoms with Gasteiger partial charge in [0.1, 0.15) is 0 Å². The summed E-state index contributed by atoms with van der Waals surface area (Å²) in [5, 5.41) is 2.69. The van der Waals surface area contributed by atoms with Crippen molar-refractivity contribution in [3.05, 3.63) is 54.1 Å². The molecule has 0 aromatic heterocycles. The van der Waals surface area contributed by atoms with E-state index in [9.17, 15) is 21.6 Å². The molecule has 2 aliphatic rings. The van der Waals surface area contributed by atoms with Gasteiger partial charge < -0.3 is 10.1 Å². The molecule has 8 nitrogen and oxygen atoms in total. The number of nitrogens with zero attached hydrogens (tertiary/aromatic N) is 1. The Morgan fingerprint density at radius 2 is 1.84 bits per heavy atom. The van der Waals surface area contributed by atoms with Gasteiger partial charge in [-0.1, -0.05) is 18.2 Å². The van der Waals surface area contributed by atoms with E-state index in [4.69, 9.17) is 4.74 Å². The van der Waals surface area contributed by atoms with Gasteiger partial charge in [0, 0.05) is 28.9 Å². The average molecular weight is 497 g/mol. The summed E-state index contributed by atoms with van der Waals surface area (Å²) in [6.45, 7) is 1.29. The molecule has 2 aliphatic heterocycles. The zero-order chi connectivity index (χ0) is 22.8. The van der Waals surface area contributed by atoms with Crippen LogP contribution < -0.4 is 5.32 Å². The maximum Gasteiger partial charge on any atom is 0.256 e. The van der Waals surface area contributed by atoms with Gasteiger partial charge in [-0.3, -0.25) is 4.79 Å². The molecule has 2 aromatic rings. The molecule has 0 unspecified atom stereocenters. The van der Waals surface area contributed by atoms with Crippen LogP contribution in [0.4, 0.5) is 5.69 Å². The Balaban J connectivity index is 1.51. The highest BCUT2D eigenvalue weighted by molar-refractivity contribution is 8.02. The second-order valence-corrected chi connectivity index (χ2v) is 13.1. The smallest absolute Gasteiger partial charge is 0.256 e. The Kier molecular flexibility index (Phi) is 6.91. The number of carbonyl (C=O) groups is 1. The number of sulfone groups is 1. The Morgan fingerprint density at radius 1 is 1.09 bits per heavy atom. The number of thioether (sulfide) groups is 1. The van der Waals surface area contributed by atoms with Crippen molar-refractivity contribution >= 4 is 43.2 Å². The highest BCUT2D eigenvalue weighted by atomic mass is 32.2. The highest BCUT2D eigenvalue weighted by Crippen LogP contribution is 2.33. The summed E-state index contributed by atoms with van der Waals surface area (Å²) in [6, 6.07) is 13.2. The van der Waals surface area contributed by atoms with E-state index in [1.54, 1.807) is 36.4 Å². The maximum atomic E-state index is 13.0. The molecule has 2 fully saturated rings. The minimum atomic E-state index is -3.68. The summed E-state index contributed by atoms with van der Waals surface area (Å²) < 4.78 is 55.9. The monoisotopic (exact) mass is 496 g/mol. The first-order chi connectivity index (χ1) is 15.2. The Labute approximate surface area is 192 Å². The standard InChI is InChI=1S/C21H24N2O6S3/c24-21(19-6-1-2-7-20(19)30-17-8-13-31(25,26)15-17)22-16-4-3-5-18(14-16)32(27,28)23-9-11-29-12-10-23/h1-7,14,17H,8-13,15H2,(H,22,24)/t17-/m0/s1. The van der Waals surface area contributed by atoms with E-state index in [-0.39, 0.29) is 27.6 Å². The van der Waals surface area contributed by atoms with E-state index in [2.05, 4.69) is 5.32 Å². The van der Waals surface area contributed by atoms with Gasteiger partial charge in [0.25, 0.3) is 5.91 Å². The number of rotatable bonds is 6. The third-order valence-corrected chi connectivity index (χ3v) is 10.5. The number of anilines is 1. The molecule has 0 aliphatic carbocycles. The fourth-order valence-corrected chi connectivity index (χ4v) is 8.74. The zero-order valence-electron chi connectivity index (χ0n) is 17.3. The van der Waals surface area contributed by atoms with Crippen LogP contribution in [0.25, 0.3) is 0 Å². The van der Waals surface area contributed by atoms with Crippen molar-refractivity contribution in [2.75, 3.05) is 43.1 Å². The number of sulfonamides is 1. The van der Waals surface area contributed by atoms with Crippen LogP contribution >= 0.6 is 11.8 Å². The average Bonchev–Trinajstić information content (AvgIpc) is 3.13. The summed E-state index contributed by atoms with van der Waals surface area (Å²) in [5.74, 6) is -0.103. The topological polar surface area (TPSA) is 110 Å². The molecule has 1 amide bonds. The van der Waals surface area contributed by atoms with Gasteiger partial charge in [-0.25, -0.2) is 16.8 Å². The van der Waals surface area contributed by atoms with E-state index in [1.807, 2.05) is 0 Å². The van der Waals surface area contributed by atoms with Crippen LogP contribution in [0.15, 0.2) is 58.3 Å². The first kappa shape index (κ1) is 23.2. The van der Waals surface area contributed by atoms with Crippen molar-refractivity contribution in [3.8, 4) is 0 Å². The maximum absolute atomic E-state index is 13.0. The fraction of sp³-hybridized carbons (Fsp3) is 0.381. The van der Waals surface area contributed by atoms with Gasteiger partial charge in [-0.2, -0.15) is 4.31 Å². The number of morpholine rings is 1. The molecule has 2 saturated heterocycles. The number of amides is 1. The van der Waals surface area contributed by atoms with Crippen molar-refractivity contribution in [1.29, 1.82) is 0 Å². The molecule has 0 spiro atoms. The van der Waals surface area contributed by atoms with Gasteiger partial charge in [-0.05, 0) is 36.8 Å². The van der Waals surface area contributed by atoms with Crippen molar-refractivity contribution in [2.24, 2.45) is 0 Å². The molecule has 2 heterocycles. The number of carbonyl (C=O) groups excluding carboxylic acids is 1. The predicted octanol–water partition coefficient (Wildman–Crippen LogP) is 2.24. The summed E-state index contributed by atoms with van der Waals surface area (Å²) in [6.07, 6.45) is 0.560. The Morgan fingerprint density at radius 3 is 2.56 bits per heavy atom. The molecular formula is C21H24N2O6S3. The van der Waals surface area contributed by atoms with Gasteiger partial charge in [-0.15, -0.1) is 11.8 Å². The molecular weight excluding hydrogens is 472 g/mol. The minimum absolute atomic E-state index is 0.0871. The Bertz CT molecular complexity index is 1210. The van der Waals surface area contributed by atoms with E-state index in [0.717, 1.165) is 0 Å². The van der Waals surface area contributed by atoms with Crippen molar-refractivity contribution in [1.82, 2.24) is 4.31 Å². The molecule has 1 N–H and O–H groups in total. The van der Waals surface area contributed by atoms with Crippen LogP contribution in [0.5, 0.6) is 0 Å². The molecule has 4 rings (SSSR count). The van der Waals surface area contributed by atoms with Crippen LogP contribution in [0.2, 0.25) is 0 Å². The van der Waals surface area contributed by atoms with Crippen molar-refractivity contribution in [3.63, 3.8) is 0 Å². The lowest BCUT2D eigenvalue weighted by Gasteiger charge is -2.26. The molecule has 11 heteroatoms. The lowest BCUT2D eigenvalue weighted by molar-refractivity contribution is 0.0730. The van der Waals surface area contributed by atoms with Crippen LogP contribution in [0.1, 0.15) is 16.8 Å². The molecule has 1 atom stereocenters. The third kappa shape index (κ3) is 5.34. The van der Waals surface area contributed by atoms with E-state index < -0.39 is 19.9 Å².